The molecule has 0 unspecified atom stereocenters. The van der Waals surface area contributed by atoms with Crippen LogP contribution < -0.4 is 15.5 Å². The normalized spacial score (nSPS) is 13.8. The minimum Gasteiger partial charge on any atom is -0.357 e. The molecule has 25 heavy (non-hydrogen) atoms. The molecule has 0 bridgehead atoms. The molecule has 1 saturated heterocycles. The maximum absolute atomic E-state index is 12.1. The summed E-state index contributed by atoms with van der Waals surface area (Å²) in [7, 11) is 0. The van der Waals surface area contributed by atoms with Crippen LogP contribution in [0.4, 0.5) is 16.3 Å². The largest absolute Gasteiger partial charge is 0.357 e. The first-order valence-corrected chi connectivity index (χ1v) is 8.72. The molecular weight excluding hydrogens is 314 g/mol. The van der Waals surface area contributed by atoms with Crippen molar-refractivity contribution in [2.75, 3.05) is 23.3 Å². The van der Waals surface area contributed by atoms with Gasteiger partial charge in [-0.05, 0) is 56.9 Å². The summed E-state index contributed by atoms with van der Waals surface area (Å²) in [4.78, 5) is 23.4. The molecule has 0 aliphatic carbocycles. The Morgan fingerprint density at radius 2 is 1.72 bits per heavy atom. The maximum Gasteiger partial charge on any atom is 0.319 e. The Bertz CT molecular complexity index is 748. The lowest BCUT2D eigenvalue weighted by atomic mass is 10.1. The SMILES string of the molecule is Cc1cc(C)cc(NC(=O)NCc2nc(C)cc(N3CCCC3)n2)c1. The molecule has 2 aromatic rings. The molecule has 2 N–H and O–H groups in total. The van der Waals surface area contributed by atoms with E-state index in [-0.39, 0.29) is 6.03 Å². The number of amides is 2. The van der Waals surface area contributed by atoms with Gasteiger partial charge in [0.2, 0.25) is 0 Å². The molecule has 1 fully saturated rings. The van der Waals surface area contributed by atoms with Gasteiger partial charge < -0.3 is 15.5 Å². The molecule has 132 valence electrons. The molecule has 6 nitrogen and oxygen atoms in total. The van der Waals surface area contributed by atoms with Gasteiger partial charge in [0.15, 0.2) is 0 Å². The van der Waals surface area contributed by atoms with Crippen molar-refractivity contribution in [3.05, 3.63) is 46.9 Å². The van der Waals surface area contributed by atoms with Crippen LogP contribution in [0.5, 0.6) is 0 Å². The van der Waals surface area contributed by atoms with Gasteiger partial charge in [0.05, 0.1) is 6.54 Å². The van der Waals surface area contributed by atoms with Gasteiger partial charge in [-0.15, -0.1) is 0 Å². The zero-order valence-corrected chi connectivity index (χ0v) is 15.1. The van der Waals surface area contributed by atoms with E-state index >= 15 is 0 Å². The molecule has 2 amide bonds. The number of nitrogens with one attached hydrogen (secondary N) is 2. The lowest BCUT2D eigenvalue weighted by molar-refractivity contribution is 0.251. The number of nitrogens with zero attached hydrogens (tertiary/aromatic N) is 3. The Labute approximate surface area is 148 Å². The molecule has 1 aromatic carbocycles. The first-order valence-electron chi connectivity index (χ1n) is 8.72. The predicted molar refractivity (Wildman–Crippen MR) is 100.0 cm³/mol. The number of benzene rings is 1. The summed E-state index contributed by atoms with van der Waals surface area (Å²) < 4.78 is 0. The van der Waals surface area contributed by atoms with Crippen molar-refractivity contribution in [2.45, 2.75) is 40.2 Å². The first-order chi connectivity index (χ1) is 12.0. The van der Waals surface area contributed by atoms with Crippen molar-refractivity contribution in [3.63, 3.8) is 0 Å². The van der Waals surface area contributed by atoms with E-state index in [1.165, 1.54) is 12.8 Å². The van der Waals surface area contributed by atoms with Gasteiger partial charge in [0.1, 0.15) is 11.6 Å². The Morgan fingerprint density at radius 1 is 1.04 bits per heavy atom. The van der Waals surface area contributed by atoms with Crippen LogP contribution in [-0.4, -0.2) is 29.1 Å². The van der Waals surface area contributed by atoms with E-state index < -0.39 is 0 Å². The summed E-state index contributed by atoms with van der Waals surface area (Å²) in [6, 6.07) is 7.72. The molecule has 2 heterocycles. The molecule has 1 aliphatic heterocycles. The minimum atomic E-state index is -0.252. The van der Waals surface area contributed by atoms with Crippen molar-refractivity contribution >= 4 is 17.5 Å². The van der Waals surface area contributed by atoms with Gasteiger partial charge in [0, 0.05) is 30.5 Å². The average Bonchev–Trinajstić information content (AvgIpc) is 3.06. The highest BCUT2D eigenvalue weighted by Crippen LogP contribution is 2.18. The van der Waals surface area contributed by atoms with Gasteiger partial charge >= 0.3 is 6.03 Å². The van der Waals surface area contributed by atoms with Crippen LogP contribution in [0.2, 0.25) is 0 Å². The van der Waals surface area contributed by atoms with Crippen molar-refractivity contribution in [1.82, 2.24) is 15.3 Å². The number of hydrogen-bond acceptors (Lipinski definition) is 4. The van der Waals surface area contributed by atoms with Gasteiger partial charge in [-0.3, -0.25) is 0 Å². The smallest absolute Gasteiger partial charge is 0.319 e. The van der Waals surface area contributed by atoms with Crippen LogP contribution in [0.25, 0.3) is 0 Å². The number of rotatable bonds is 4. The Kier molecular flexibility index (Phi) is 5.16. The number of anilines is 2. The predicted octanol–water partition coefficient (Wildman–Crippen LogP) is 3.32. The Morgan fingerprint density at radius 3 is 2.40 bits per heavy atom. The molecule has 0 atom stereocenters. The highest BCUT2D eigenvalue weighted by atomic mass is 16.2. The van der Waals surface area contributed by atoms with Crippen molar-refractivity contribution < 1.29 is 4.79 Å². The highest BCUT2D eigenvalue weighted by molar-refractivity contribution is 5.89. The van der Waals surface area contributed by atoms with Crippen LogP contribution in [0.3, 0.4) is 0 Å². The summed E-state index contributed by atoms with van der Waals surface area (Å²) in [5.41, 5.74) is 3.95. The third kappa shape index (κ3) is 4.68. The lowest BCUT2D eigenvalue weighted by Crippen LogP contribution is -2.29. The van der Waals surface area contributed by atoms with E-state index in [1.807, 2.05) is 39.0 Å². The molecule has 1 aromatic heterocycles. The number of urea groups is 1. The standard InChI is InChI=1S/C19H25N5O/c1-13-8-14(2)10-16(9-13)22-19(25)20-12-17-21-15(3)11-18(23-17)24-6-4-5-7-24/h8-11H,4-7,12H2,1-3H3,(H2,20,22,25). The number of hydrogen-bond donors (Lipinski definition) is 2. The molecule has 0 saturated carbocycles. The quantitative estimate of drug-likeness (QED) is 0.896. The fraction of sp³-hybridized carbons (Fsp3) is 0.421. The number of aromatic nitrogens is 2. The second kappa shape index (κ2) is 7.51. The van der Waals surface area contributed by atoms with E-state index in [2.05, 4.69) is 31.6 Å². The summed E-state index contributed by atoms with van der Waals surface area (Å²) in [6.07, 6.45) is 2.41. The second-order valence-electron chi connectivity index (χ2n) is 6.66. The maximum atomic E-state index is 12.1. The number of aryl methyl sites for hydroxylation is 3. The fourth-order valence-electron chi connectivity index (χ4n) is 3.18. The average molecular weight is 339 g/mol. The monoisotopic (exact) mass is 339 g/mol. The Balaban J connectivity index is 1.61. The van der Waals surface area contributed by atoms with Crippen molar-refractivity contribution in [1.29, 1.82) is 0 Å². The Hall–Kier alpha value is -2.63. The van der Waals surface area contributed by atoms with Gasteiger partial charge in [0.25, 0.3) is 0 Å². The van der Waals surface area contributed by atoms with Crippen molar-refractivity contribution in [3.8, 4) is 0 Å². The number of carbonyl (C=O) groups is 1. The summed E-state index contributed by atoms with van der Waals surface area (Å²) in [5.74, 6) is 1.59. The summed E-state index contributed by atoms with van der Waals surface area (Å²) >= 11 is 0. The van der Waals surface area contributed by atoms with E-state index in [0.717, 1.165) is 41.4 Å². The topological polar surface area (TPSA) is 70.2 Å². The highest BCUT2D eigenvalue weighted by Gasteiger charge is 2.15. The molecule has 0 radical (unpaired) electrons. The lowest BCUT2D eigenvalue weighted by Gasteiger charge is -2.17. The minimum absolute atomic E-state index is 0.252. The molecular formula is C19H25N5O. The van der Waals surface area contributed by atoms with Crippen LogP contribution in [-0.2, 0) is 6.54 Å². The van der Waals surface area contributed by atoms with Gasteiger partial charge in [-0.25, -0.2) is 14.8 Å². The van der Waals surface area contributed by atoms with E-state index in [0.29, 0.717) is 12.4 Å². The van der Waals surface area contributed by atoms with E-state index in [9.17, 15) is 4.79 Å². The third-order valence-corrected chi connectivity index (χ3v) is 4.20. The molecule has 0 spiro atoms. The third-order valence-electron chi connectivity index (χ3n) is 4.20. The fourth-order valence-corrected chi connectivity index (χ4v) is 3.18. The number of carbonyl (C=O) groups excluding carboxylic acids is 1. The van der Waals surface area contributed by atoms with Crippen LogP contribution in [0.15, 0.2) is 24.3 Å². The van der Waals surface area contributed by atoms with Gasteiger partial charge in [-0.1, -0.05) is 6.07 Å². The van der Waals surface area contributed by atoms with E-state index in [1.54, 1.807) is 0 Å². The molecule has 1 aliphatic rings. The zero-order chi connectivity index (χ0) is 17.8. The molecule has 3 rings (SSSR count). The second-order valence-corrected chi connectivity index (χ2v) is 6.66. The molecule has 6 heteroatoms. The van der Waals surface area contributed by atoms with Crippen LogP contribution in [0.1, 0.15) is 35.5 Å². The van der Waals surface area contributed by atoms with Crippen LogP contribution in [0, 0.1) is 20.8 Å². The first kappa shape index (κ1) is 17.2. The zero-order valence-electron chi connectivity index (χ0n) is 15.1. The summed E-state index contributed by atoms with van der Waals surface area (Å²) in [5, 5.41) is 5.70. The van der Waals surface area contributed by atoms with E-state index in [4.69, 9.17) is 0 Å². The summed E-state index contributed by atoms with van der Waals surface area (Å²) in [6.45, 7) is 8.36. The van der Waals surface area contributed by atoms with Crippen molar-refractivity contribution in [2.24, 2.45) is 0 Å². The van der Waals surface area contributed by atoms with Gasteiger partial charge in [-0.2, -0.15) is 0 Å². The van der Waals surface area contributed by atoms with Crippen LogP contribution >= 0.6 is 0 Å².